The predicted molar refractivity (Wildman–Crippen MR) is 56.0 cm³/mol. The largest absolute Gasteiger partial charge is 0.342 e. The van der Waals surface area contributed by atoms with Crippen LogP contribution in [-0.4, -0.2) is 37.0 Å². The second-order valence-electron chi connectivity index (χ2n) is 4.57. The van der Waals surface area contributed by atoms with Crippen molar-refractivity contribution in [3.05, 3.63) is 0 Å². The smallest absolute Gasteiger partial charge is 0.222 e. The third kappa shape index (κ3) is 1.92. The summed E-state index contributed by atoms with van der Waals surface area (Å²) in [5.41, 5.74) is 0. The highest BCUT2D eigenvalue weighted by atomic mass is 16.2. The summed E-state index contributed by atoms with van der Waals surface area (Å²) in [6.07, 6.45) is 5.43. The molecular weight excluding hydrogens is 176 g/mol. The quantitative estimate of drug-likeness (QED) is 0.627. The van der Waals surface area contributed by atoms with Crippen molar-refractivity contribution in [2.24, 2.45) is 5.92 Å². The van der Waals surface area contributed by atoms with Crippen molar-refractivity contribution in [1.29, 1.82) is 0 Å². The Morgan fingerprint density at radius 1 is 1.36 bits per heavy atom. The molecule has 2 heterocycles. The van der Waals surface area contributed by atoms with Crippen LogP contribution in [0.1, 0.15) is 32.1 Å². The number of hydrogen-bond acceptors (Lipinski definition) is 2. The number of carbonyl (C=O) groups excluding carboxylic acids is 1. The molecule has 1 N–H and O–H groups in total. The van der Waals surface area contributed by atoms with E-state index < -0.39 is 0 Å². The summed E-state index contributed by atoms with van der Waals surface area (Å²) in [4.78, 5) is 13.7. The summed E-state index contributed by atoms with van der Waals surface area (Å²) in [5, 5.41) is 3.47. The minimum atomic E-state index is 0.347. The van der Waals surface area contributed by atoms with Crippen molar-refractivity contribution in [3.63, 3.8) is 0 Å². The Morgan fingerprint density at radius 2 is 2.21 bits per heavy atom. The first-order valence-corrected chi connectivity index (χ1v) is 5.75. The number of hydrogen-bond donors (Lipinski definition) is 1. The molecule has 0 bridgehead atoms. The van der Waals surface area contributed by atoms with Crippen LogP contribution >= 0.6 is 0 Å². The minimum Gasteiger partial charge on any atom is -0.342 e. The zero-order valence-corrected chi connectivity index (χ0v) is 8.96. The second-order valence-corrected chi connectivity index (χ2v) is 4.57. The van der Waals surface area contributed by atoms with Crippen LogP contribution in [0.2, 0.25) is 0 Å². The van der Waals surface area contributed by atoms with E-state index >= 15 is 0 Å². The van der Waals surface area contributed by atoms with Crippen LogP contribution in [0.15, 0.2) is 0 Å². The molecule has 2 fully saturated rings. The van der Waals surface area contributed by atoms with Gasteiger partial charge in [0.2, 0.25) is 5.91 Å². The Hall–Kier alpha value is -0.570. The summed E-state index contributed by atoms with van der Waals surface area (Å²) in [7, 11) is 1.98. The Morgan fingerprint density at radius 3 is 3.07 bits per heavy atom. The van der Waals surface area contributed by atoms with Crippen molar-refractivity contribution < 1.29 is 4.79 Å². The molecule has 0 aromatic carbocycles. The van der Waals surface area contributed by atoms with Gasteiger partial charge in [0.15, 0.2) is 0 Å². The topological polar surface area (TPSA) is 32.3 Å². The van der Waals surface area contributed by atoms with Crippen molar-refractivity contribution >= 4 is 5.91 Å². The molecule has 0 aromatic heterocycles. The number of likely N-dealkylation sites (tertiary alicyclic amines) is 1. The average molecular weight is 196 g/mol. The second kappa shape index (κ2) is 4.30. The van der Waals surface area contributed by atoms with Gasteiger partial charge in [0, 0.05) is 19.5 Å². The zero-order valence-electron chi connectivity index (χ0n) is 8.96. The lowest BCUT2D eigenvalue weighted by atomic mass is 9.93. The van der Waals surface area contributed by atoms with Gasteiger partial charge in [-0.2, -0.15) is 0 Å². The monoisotopic (exact) mass is 196 g/mol. The van der Waals surface area contributed by atoms with Gasteiger partial charge in [-0.3, -0.25) is 4.79 Å². The molecule has 80 valence electrons. The lowest BCUT2D eigenvalue weighted by molar-refractivity contribution is -0.131. The van der Waals surface area contributed by atoms with Gasteiger partial charge in [0.1, 0.15) is 0 Å². The highest BCUT2D eigenvalue weighted by Crippen LogP contribution is 2.26. The highest BCUT2D eigenvalue weighted by Gasteiger charge is 2.31. The van der Waals surface area contributed by atoms with Gasteiger partial charge in [-0.1, -0.05) is 0 Å². The number of amides is 1. The molecular formula is C11H20N2O. The Bertz CT molecular complexity index is 217. The van der Waals surface area contributed by atoms with Crippen LogP contribution in [0.5, 0.6) is 0 Å². The molecule has 0 radical (unpaired) electrons. The molecule has 2 atom stereocenters. The van der Waals surface area contributed by atoms with E-state index in [1.165, 1.54) is 19.3 Å². The van der Waals surface area contributed by atoms with E-state index in [4.69, 9.17) is 0 Å². The van der Waals surface area contributed by atoms with Gasteiger partial charge < -0.3 is 10.2 Å². The maximum atomic E-state index is 11.7. The summed E-state index contributed by atoms with van der Waals surface area (Å²) in [5.74, 6) is 1.04. The van der Waals surface area contributed by atoms with E-state index in [-0.39, 0.29) is 0 Å². The van der Waals surface area contributed by atoms with Crippen molar-refractivity contribution in [2.75, 3.05) is 20.1 Å². The van der Waals surface area contributed by atoms with Crippen LogP contribution in [0.4, 0.5) is 0 Å². The maximum Gasteiger partial charge on any atom is 0.222 e. The van der Waals surface area contributed by atoms with Crippen molar-refractivity contribution in [3.8, 4) is 0 Å². The molecule has 2 aliphatic heterocycles. The number of rotatable bonds is 0. The molecule has 3 nitrogen and oxygen atoms in total. The van der Waals surface area contributed by atoms with Crippen molar-refractivity contribution in [2.45, 2.75) is 38.1 Å². The number of carbonyl (C=O) groups is 1. The van der Waals surface area contributed by atoms with Crippen molar-refractivity contribution in [1.82, 2.24) is 10.2 Å². The van der Waals surface area contributed by atoms with Crippen LogP contribution in [-0.2, 0) is 4.79 Å². The van der Waals surface area contributed by atoms with E-state index in [2.05, 4.69) is 5.32 Å². The molecule has 0 aliphatic carbocycles. The third-order valence-corrected chi connectivity index (χ3v) is 3.66. The SMILES string of the molecule is CN1C(=O)CCC[C@@H]2CNCCC[C@H]21. The van der Waals surface area contributed by atoms with Crippen LogP contribution in [0.25, 0.3) is 0 Å². The molecule has 0 aromatic rings. The van der Waals surface area contributed by atoms with E-state index in [0.717, 1.165) is 25.9 Å². The molecule has 2 aliphatic rings. The first-order chi connectivity index (χ1) is 6.79. The van der Waals surface area contributed by atoms with Gasteiger partial charge >= 0.3 is 0 Å². The minimum absolute atomic E-state index is 0.347. The average Bonchev–Trinajstić information content (AvgIpc) is 2.46. The normalized spacial score (nSPS) is 34.6. The predicted octanol–water partition coefficient (Wildman–Crippen LogP) is 0.997. The Balaban J connectivity index is 2.11. The van der Waals surface area contributed by atoms with Gasteiger partial charge in [-0.25, -0.2) is 0 Å². The van der Waals surface area contributed by atoms with Gasteiger partial charge in [0.05, 0.1) is 0 Å². The highest BCUT2D eigenvalue weighted by molar-refractivity contribution is 5.76. The van der Waals surface area contributed by atoms with Crippen LogP contribution in [0.3, 0.4) is 0 Å². The van der Waals surface area contributed by atoms with E-state index in [1.54, 1.807) is 0 Å². The zero-order chi connectivity index (χ0) is 9.97. The molecule has 1 amide bonds. The van der Waals surface area contributed by atoms with E-state index in [9.17, 15) is 4.79 Å². The first kappa shape index (κ1) is 9.97. The Kier molecular flexibility index (Phi) is 3.06. The van der Waals surface area contributed by atoms with E-state index in [0.29, 0.717) is 17.9 Å². The third-order valence-electron chi connectivity index (χ3n) is 3.66. The number of nitrogens with zero attached hydrogens (tertiary/aromatic N) is 1. The van der Waals surface area contributed by atoms with Gasteiger partial charge in [-0.15, -0.1) is 0 Å². The fraction of sp³-hybridized carbons (Fsp3) is 0.909. The van der Waals surface area contributed by atoms with Crippen LogP contribution < -0.4 is 5.32 Å². The molecule has 2 rings (SSSR count). The molecule has 0 saturated carbocycles. The fourth-order valence-corrected chi connectivity index (χ4v) is 2.78. The fourth-order valence-electron chi connectivity index (χ4n) is 2.78. The molecule has 0 spiro atoms. The molecule has 3 heteroatoms. The van der Waals surface area contributed by atoms with Crippen LogP contribution in [0, 0.1) is 5.92 Å². The number of fused-ring (bicyclic) bond motifs is 1. The first-order valence-electron chi connectivity index (χ1n) is 5.75. The molecule has 0 unspecified atom stereocenters. The number of nitrogens with one attached hydrogen (secondary N) is 1. The molecule has 2 saturated heterocycles. The summed E-state index contributed by atoms with van der Waals surface area (Å²) in [6.45, 7) is 2.22. The molecule has 14 heavy (non-hydrogen) atoms. The maximum absolute atomic E-state index is 11.7. The van der Waals surface area contributed by atoms with E-state index in [1.807, 2.05) is 11.9 Å². The standard InChI is InChI=1S/C11H20N2O/c1-13-10-5-3-7-12-8-9(10)4-2-6-11(13)14/h9-10,12H,2-8H2,1H3/t9-,10-/m1/s1. The summed E-state index contributed by atoms with van der Waals surface area (Å²) in [6, 6.07) is 0.500. The van der Waals surface area contributed by atoms with Gasteiger partial charge in [-0.05, 0) is 44.7 Å². The lowest BCUT2D eigenvalue weighted by Crippen LogP contribution is -2.41. The van der Waals surface area contributed by atoms with Gasteiger partial charge in [0.25, 0.3) is 0 Å². The summed E-state index contributed by atoms with van der Waals surface area (Å²) >= 11 is 0. The lowest BCUT2D eigenvalue weighted by Gasteiger charge is -2.30. The summed E-state index contributed by atoms with van der Waals surface area (Å²) < 4.78 is 0. The Labute approximate surface area is 85.8 Å².